The third kappa shape index (κ3) is 10.8. The first-order valence-electron chi connectivity index (χ1n) is 20.1. The number of ether oxygens (including phenoxy) is 1. The van der Waals surface area contributed by atoms with Crippen LogP contribution in [0.15, 0.2) is 158 Å². The number of carbonyl (C=O) groups excluding carboxylic acids is 3. The van der Waals surface area contributed by atoms with Gasteiger partial charge in [-0.15, -0.1) is 0 Å². The summed E-state index contributed by atoms with van der Waals surface area (Å²) in [6.07, 6.45) is 0.840. The largest absolute Gasteiger partial charge is 0.508 e. The lowest BCUT2D eigenvalue weighted by molar-refractivity contribution is -0.116. The van der Waals surface area contributed by atoms with E-state index in [1.54, 1.807) is 41.3 Å². The van der Waals surface area contributed by atoms with Crippen LogP contribution in [0.5, 0.6) is 5.75 Å². The Hall–Kier alpha value is -6.75. The number of phenolic OH excluding ortho intramolecular Hbond substituents is 1. The van der Waals surface area contributed by atoms with E-state index < -0.39 is 6.09 Å². The van der Waals surface area contributed by atoms with E-state index in [9.17, 15) is 19.5 Å². The second kappa shape index (κ2) is 20.1. The van der Waals surface area contributed by atoms with Gasteiger partial charge in [-0.1, -0.05) is 121 Å². The second-order valence-corrected chi connectivity index (χ2v) is 14.5. The molecule has 10 heteroatoms. The number of nitrogens with zero attached hydrogens (tertiary/aromatic N) is 2. The number of piperidine rings is 1. The number of aromatic hydroxyl groups is 1. The van der Waals surface area contributed by atoms with E-state index in [1.165, 1.54) is 0 Å². The van der Waals surface area contributed by atoms with Gasteiger partial charge in [0.2, 0.25) is 5.91 Å². The lowest BCUT2D eigenvalue weighted by atomic mass is 10.00. The molecule has 0 bridgehead atoms. The van der Waals surface area contributed by atoms with E-state index in [4.69, 9.17) is 4.74 Å². The van der Waals surface area contributed by atoms with Gasteiger partial charge in [0.05, 0.1) is 11.4 Å². The Morgan fingerprint density at radius 1 is 0.678 bits per heavy atom. The number of amides is 3. The molecule has 0 unspecified atom stereocenters. The monoisotopic (exact) mass is 787 g/mol. The smallest absolute Gasteiger partial charge is 0.419 e. The molecule has 7 rings (SSSR count). The van der Waals surface area contributed by atoms with Gasteiger partial charge in [-0.2, -0.15) is 0 Å². The molecule has 4 N–H and O–H groups in total. The van der Waals surface area contributed by atoms with Gasteiger partial charge in [-0.3, -0.25) is 9.59 Å². The molecule has 1 saturated heterocycles. The maximum Gasteiger partial charge on any atom is 0.419 e. The number of rotatable bonds is 15. The van der Waals surface area contributed by atoms with Gasteiger partial charge in [-0.25, -0.2) is 9.69 Å². The van der Waals surface area contributed by atoms with Crippen molar-refractivity contribution in [1.82, 2.24) is 15.5 Å². The summed E-state index contributed by atoms with van der Waals surface area (Å²) < 4.78 is 6.32. The zero-order valence-electron chi connectivity index (χ0n) is 32.9. The standard InChI is InChI=1S/C49H49N5O5/c55-46-25-12-7-18-39(46)35-50-29-30-51-48(57)38-19-13-20-40(34-38)52-47(56)28-33-53-31-26-41(27-32-53)59-49(58)54(44-23-10-8-21-42(44)36-14-3-1-4-15-36)45-24-11-9-22-43(45)37-16-5-2-6-17-37/h1-25,34,41,50,55H,26-33,35H2,(H,51,57)(H,52,56). The normalized spacial score (nSPS) is 13.0. The first-order valence-corrected chi connectivity index (χ1v) is 20.1. The van der Waals surface area contributed by atoms with E-state index in [0.29, 0.717) is 63.4 Å². The number of hydrogen-bond acceptors (Lipinski definition) is 7. The Balaban J connectivity index is 0.922. The first-order chi connectivity index (χ1) is 28.9. The molecule has 0 radical (unpaired) electrons. The fraction of sp³-hybridized carbons (Fsp3) is 0.204. The van der Waals surface area contributed by atoms with E-state index in [-0.39, 0.29) is 30.1 Å². The summed E-state index contributed by atoms with van der Waals surface area (Å²) in [6, 6.07) is 49.9. The maximum absolute atomic E-state index is 14.5. The summed E-state index contributed by atoms with van der Waals surface area (Å²) in [5, 5.41) is 18.9. The molecule has 3 amide bonds. The molecular formula is C49H49N5O5. The fourth-order valence-corrected chi connectivity index (χ4v) is 7.30. The van der Waals surface area contributed by atoms with Gasteiger partial charge in [0.1, 0.15) is 11.9 Å². The summed E-state index contributed by atoms with van der Waals surface area (Å²) >= 11 is 0. The van der Waals surface area contributed by atoms with Crippen molar-refractivity contribution in [2.24, 2.45) is 0 Å². The van der Waals surface area contributed by atoms with Crippen molar-refractivity contribution in [3.63, 3.8) is 0 Å². The van der Waals surface area contributed by atoms with Gasteiger partial charge in [0.15, 0.2) is 0 Å². The number of likely N-dealkylation sites (tertiary alicyclic amines) is 1. The first kappa shape index (κ1) is 40.4. The summed E-state index contributed by atoms with van der Waals surface area (Å²) in [5.74, 6) is -0.149. The van der Waals surface area contributed by atoms with E-state index >= 15 is 0 Å². The Morgan fingerprint density at radius 3 is 1.92 bits per heavy atom. The van der Waals surface area contributed by atoms with Crippen molar-refractivity contribution < 1.29 is 24.2 Å². The van der Waals surface area contributed by atoms with Gasteiger partial charge in [-0.05, 0) is 60.4 Å². The molecule has 1 fully saturated rings. The molecule has 0 atom stereocenters. The summed E-state index contributed by atoms with van der Waals surface area (Å²) in [5.41, 5.74) is 7.09. The van der Waals surface area contributed by atoms with Crippen LogP contribution in [0.1, 0.15) is 35.2 Å². The van der Waals surface area contributed by atoms with Crippen molar-refractivity contribution in [2.45, 2.75) is 31.9 Å². The molecule has 1 aliphatic rings. The lowest BCUT2D eigenvalue weighted by Crippen LogP contribution is -2.41. The molecule has 1 aliphatic heterocycles. The van der Waals surface area contributed by atoms with Crippen LogP contribution in [0.2, 0.25) is 0 Å². The average Bonchev–Trinajstić information content (AvgIpc) is 3.28. The highest BCUT2D eigenvalue weighted by Crippen LogP contribution is 2.40. The number of hydrogen-bond donors (Lipinski definition) is 4. The number of benzene rings is 6. The van der Waals surface area contributed by atoms with Crippen LogP contribution in [0, 0.1) is 0 Å². The van der Waals surface area contributed by atoms with Crippen LogP contribution in [-0.4, -0.2) is 66.7 Å². The minimum atomic E-state index is -0.439. The molecule has 59 heavy (non-hydrogen) atoms. The third-order valence-corrected chi connectivity index (χ3v) is 10.4. The summed E-state index contributed by atoms with van der Waals surface area (Å²) in [4.78, 5) is 44.2. The van der Waals surface area contributed by atoms with Gasteiger partial charge < -0.3 is 30.7 Å². The highest BCUT2D eigenvalue weighted by molar-refractivity contribution is 6.04. The van der Waals surface area contributed by atoms with Crippen LogP contribution in [0.4, 0.5) is 21.9 Å². The Bertz CT molecular complexity index is 2250. The minimum absolute atomic E-state index is 0.144. The molecule has 6 aromatic rings. The summed E-state index contributed by atoms with van der Waals surface area (Å²) in [6.45, 7) is 3.35. The van der Waals surface area contributed by atoms with Crippen LogP contribution in [0.3, 0.4) is 0 Å². The number of anilines is 3. The van der Waals surface area contributed by atoms with Crippen LogP contribution >= 0.6 is 0 Å². The SMILES string of the molecule is O=C(CCN1CCC(OC(=O)N(c2ccccc2-c2ccccc2)c2ccccc2-c2ccccc2)CC1)Nc1cccc(C(=O)NCCNCc2ccccc2O)c1. The van der Waals surface area contributed by atoms with Crippen LogP contribution in [0.25, 0.3) is 22.3 Å². The van der Waals surface area contributed by atoms with Crippen molar-refractivity contribution in [3.05, 3.63) is 169 Å². The average molecular weight is 788 g/mol. The van der Waals surface area contributed by atoms with Gasteiger partial charge >= 0.3 is 6.09 Å². The maximum atomic E-state index is 14.5. The molecule has 10 nitrogen and oxygen atoms in total. The van der Waals surface area contributed by atoms with E-state index in [0.717, 1.165) is 39.2 Å². The summed E-state index contributed by atoms with van der Waals surface area (Å²) in [7, 11) is 0. The molecule has 6 aromatic carbocycles. The number of nitrogens with one attached hydrogen (secondary N) is 3. The van der Waals surface area contributed by atoms with Crippen LogP contribution in [-0.2, 0) is 16.1 Å². The highest BCUT2D eigenvalue weighted by atomic mass is 16.6. The number of carbonyl (C=O) groups is 3. The highest BCUT2D eigenvalue weighted by Gasteiger charge is 2.29. The Labute approximate surface area is 345 Å². The number of para-hydroxylation sites is 3. The van der Waals surface area contributed by atoms with Crippen molar-refractivity contribution in [1.29, 1.82) is 0 Å². The second-order valence-electron chi connectivity index (χ2n) is 14.5. The van der Waals surface area contributed by atoms with Crippen molar-refractivity contribution in [2.75, 3.05) is 42.9 Å². The van der Waals surface area contributed by atoms with E-state index in [1.807, 2.05) is 121 Å². The molecule has 0 aromatic heterocycles. The lowest BCUT2D eigenvalue weighted by Gasteiger charge is -2.33. The van der Waals surface area contributed by atoms with Crippen molar-refractivity contribution in [3.8, 4) is 28.0 Å². The third-order valence-electron chi connectivity index (χ3n) is 10.4. The fourth-order valence-electron chi connectivity index (χ4n) is 7.30. The zero-order valence-corrected chi connectivity index (χ0v) is 32.9. The van der Waals surface area contributed by atoms with Gasteiger partial charge in [0, 0.05) is 73.6 Å². The Kier molecular flexibility index (Phi) is 13.8. The Morgan fingerprint density at radius 2 is 1.27 bits per heavy atom. The molecular weight excluding hydrogens is 739 g/mol. The quantitative estimate of drug-likeness (QED) is 0.0767. The molecule has 300 valence electrons. The predicted octanol–water partition coefficient (Wildman–Crippen LogP) is 9.01. The predicted molar refractivity (Wildman–Crippen MR) is 234 cm³/mol. The molecule has 0 spiro atoms. The van der Waals surface area contributed by atoms with Crippen LogP contribution < -0.4 is 20.9 Å². The molecule has 1 heterocycles. The topological polar surface area (TPSA) is 123 Å². The molecule has 0 saturated carbocycles. The van der Waals surface area contributed by atoms with E-state index in [2.05, 4.69) is 20.9 Å². The zero-order chi connectivity index (χ0) is 40.8. The molecule has 0 aliphatic carbocycles. The minimum Gasteiger partial charge on any atom is -0.508 e. The van der Waals surface area contributed by atoms with Crippen molar-refractivity contribution >= 4 is 35.0 Å². The van der Waals surface area contributed by atoms with Gasteiger partial charge in [0.25, 0.3) is 5.91 Å². The number of phenols is 1.